The Labute approximate surface area is 127 Å². The van der Waals surface area contributed by atoms with Crippen LogP contribution < -0.4 is 10.1 Å². The van der Waals surface area contributed by atoms with Gasteiger partial charge in [0, 0.05) is 17.5 Å². The van der Waals surface area contributed by atoms with Crippen LogP contribution in [-0.2, 0) is 6.54 Å². The molecular weight excluding hydrogens is 292 g/mol. The zero-order valence-corrected chi connectivity index (χ0v) is 12.9. The first-order chi connectivity index (χ1) is 9.63. The maximum atomic E-state index is 9.07. The third-order valence-corrected chi connectivity index (χ3v) is 4.43. The number of benzene rings is 1. The van der Waals surface area contributed by atoms with Crippen molar-refractivity contribution in [1.29, 1.82) is 5.26 Å². The maximum absolute atomic E-state index is 9.07. The first kappa shape index (κ1) is 14.9. The van der Waals surface area contributed by atoms with E-state index in [1.165, 1.54) is 4.88 Å². The Morgan fingerprint density at radius 3 is 2.80 bits per heavy atom. The third kappa shape index (κ3) is 3.51. The third-order valence-electron chi connectivity index (χ3n) is 3.02. The molecule has 2 rings (SSSR count). The van der Waals surface area contributed by atoms with Crippen molar-refractivity contribution >= 4 is 22.9 Å². The Morgan fingerprint density at radius 1 is 1.40 bits per heavy atom. The number of halogens is 1. The van der Waals surface area contributed by atoms with Gasteiger partial charge in [0.05, 0.1) is 17.0 Å². The van der Waals surface area contributed by atoms with Gasteiger partial charge >= 0.3 is 0 Å². The molecule has 1 aromatic heterocycles. The van der Waals surface area contributed by atoms with E-state index >= 15 is 0 Å². The summed E-state index contributed by atoms with van der Waals surface area (Å²) in [7, 11) is 1.57. The summed E-state index contributed by atoms with van der Waals surface area (Å²) in [6, 6.07) is 11.9. The molecule has 0 aliphatic carbocycles. The molecule has 5 heteroatoms. The molecule has 0 fully saturated rings. The molecule has 1 aromatic carbocycles. The zero-order chi connectivity index (χ0) is 14.5. The van der Waals surface area contributed by atoms with Crippen LogP contribution in [0.15, 0.2) is 30.3 Å². The smallest absolute Gasteiger partial charge is 0.136 e. The Hall–Kier alpha value is -1.54. The maximum Gasteiger partial charge on any atom is 0.136 e. The summed E-state index contributed by atoms with van der Waals surface area (Å²) >= 11 is 7.51. The number of thiophene rings is 1. The molecule has 1 unspecified atom stereocenters. The van der Waals surface area contributed by atoms with Crippen LogP contribution in [0.2, 0.25) is 4.34 Å². The quantitative estimate of drug-likeness (QED) is 0.903. The number of nitrogens with one attached hydrogen (secondary N) is 1. The summed E-state index contributed by atoms with van der Waals surface area (Å²) in [4.78, 5) is 1.20. The Morgan fingerprint density at radius 2 is 2.20 bits per heavy atom. The van der Waals surface area contributed by atoms with E-state index in [1.54, 1.807) is 18.4 Å². The molecule has 1 atom stereocenters. The van der Waals surface area contributed by atoms with Crippen molar-refractivity contribution in [2.45, 2.75) is 19.5 Å². The van der Waals surface area contributed by atoms with E-state index in [9.17, 15) is 0 Å². The number of nitriles is 1. The molecule has 104 valence electrons. The number of methoxy groups -OCH3 is 1. The lowest BCUT2D eigenvalue weighted by atomic mass is 10.1. The van der Waals surface area contributed by atoms with E-state index in [0.717, 1.165) is 9.90 Å². The van der Waals surface area contributed by atoms with Crippen LogP contribution in [0, 0.1) is 11.3 Å². The molecule has 0 saturated heterocycles. The second-order valence-electron chi connectivity index (χ2n) is 4.39. The van der Waals surface area contributed by atoms with Crippen molar-refractivity contribution in [2.75, 3.05) is 7.11 Å². The molecule has 0 radical (unpaired) electrons. The minimum atomic E-state index is 0.222. The summed E-state index contributed by atoms with van der Waals surface area (Å²) in [5.41, 5.74) is 1.61. The topological polar surface area (TPSA) is 45.0 Å². The lowest BCUT2D eigenvalue weighted by molar-refractivity contribution is 0.413. The fourth-order valence-corrected chi connectivity index (χ4v) is 2.97. The monoisotopic (exact) mass is 306 g/mol. The number of rotatable bonds is 5. The van der Waals surface area contributed by atoms with Crippen LogP contribution in [-0.4, -0.2) is 7.11 Å². The molecule has 1 heterocycles. The molecule has 0 bridgehead atoms. The van der Waals surface area contributed by atoms with E-state index in [2.05, 4.69) is 18.3 Å². The van der Waals surface area contributed by atoms with Crippen molar-refractivity contribution in [3.05, 3.63) is 50.7 Å². The van der Waals surface area contributed by atoms with Crippen LogP contribution in [0.25, 0.3) is 0 Å². The van der Waals surface area contributed by atoms with Crippen LogP contribution in [0.1, 0.15) is 29.0 Å². The van der Waals surface area contributed by atoms with Gasteiger partial charge in [-0.05, 0) is 36.8 Å². The number of ether oxygens (including phenoxy) is 1. The predicted molar refractivity (Wildman–Crippen MR) is 82.3 cm³/mol. The highest BCUT2D eigenvalue weighted by atomic mass is 35.5. The second kappa shape index (κ2) is 6.76. The molecule has 0 spiro atoms. The van der Waals surface area contributed by atoms with Gasteiger partial charge in [-0.15, -0.1) is 11.3 Å². The fourth-order valence-electron chi connectivity index (χ4n) is 1.89. The molecule has 3 nitrogen and oxygen atoms in total. The van der Waals surface area contributed by atoms with Gasteiger partial charge in [0.15, 0.2) is 0 Å². The van der Waals surface area contributed by atoms with E-state index in [0.29, 0.717) is 17.9 Å². The van der Waals surface area contributed by atoms with Crippen molar-refractivity contribution in [3.63, 3.8) is 0 Å². The van der Waals surface area contributed by atoms with Gasteiger partial charge in [-0.3, -0.25) is 0 Å². The molecule has 1 N–H and O–H groups in total. The van der Waals surface area contributed by atoms with Crippen molar-refractivity contribution in [3.8, 4) is 11.8 Å². The van der Waals surface area contributed by atoms with Gasteiger partial charge < -0.3 is 10.1 Å². The summed E-state index contributed by atoms with van der Waals surface area (Å²) in [6.45, 7) is 2.78. The number of hydrogen-bond acceptors (Lipinski definition) is 4. The summed E-state index contributed by atoms with van der Waals surface area (Å²) in [5, 5.41) is 12.5. The summed E-state index contributed by atoms with van der Waals surface area (Å²) in [5.74, 6) is 0.606. The van der Waals surface area contributed by atoms with Crippen LogP contribution in [0.4, 0.5) is 0 Å². The van der Waals surface area contributed by atoms with Crippen molar-refractivity contribution < 1.29 is 4.74 Å². The van der Waals surface area contributed by atoms with Gasteiger partial charge in [-0.2, -0.15) is 5.26 Å². The SMILES string of the molecule is COc1ccc(CNC(C)c2ccc(Cl)s2)cc1C#N. The normalized spacial score (nSPS) is 11.9. The first-order valence-corrected chi connectivity index (χ1v) is 7.39. The highest BCUT2D eigenvalue weighted by Gasteiger charge is 2.09. The van der Waals surface area contributed by atoms with Gasteiger partial charge in [-0.1, -0.05) is 17.7 Å². The summed E-state index contributed by atoms with van der Waals surface area (Å²) < 4.78 is 5.93. The first-order valence-electron chi connectivity index (χ1n) is 6.19. The molecule has 0 aliphatic rings. The van der Waals surface area contributed by atoms with Gasteiger partial charge in [-0.25, -0.2) is 0 Å². The van der Waals surface area contributed by atoms with Crippen molar-refractivity contribution in [1.82, 2.24) is 5.32 Å². The highest BCUT2D eigenvalue weighted by molar-refractivity contribution is 7.16. The standard InChI is InChI=1S/C15H15ClN2OS/c1-10(14-5-6-15(16)20-14)18-9-11-3-4-13(19-2)12(7-11)8-17/h3-7,10,18H,9H2,1-2H3. The molecule has 0 saturated carbocycles. The van der Waals surface area contributed by atoms with E-state index in [-0.39, 0.29) is 6.04 Å². The number of nitrogens with zero attached hydrogens (tertiary/aromatic N) is 1. The van der Waals surface area contributed by atoms with Crippen LogP contribution in [0.5, 0.6) is 5.75 Å². The van der Waals surface area contributed by atoms with E-state index < -0.39 is 0 Å². The Bertz CT molecular complexity index is 633. The lowest BCUT2D eigenvalue weighted by Crippen LogP contribution is -2.17. The summed E-state index contributed by atoms with van der Waals surface area (Å²) in [6.07, 6.45) is 0. The van der Waals surface area contributed by atoms with Crippen LogP contribution >= 0.6 is 22.9 Å². The molecule has 0 aliphatic heterocycles. The average Bonchev–Trinajstić information content (AvgIpc) is 2.91. The zero-order valence-electron chi connectivity index (χ0n) is 11.3. The minimum Gasteiger partial charge on any atom is -0.495 e. The van der Waals surface area contributed by atoms with Gasteiger partial charge in [0.25, 0.3) is 0 Å². The molecule has 20 heavy (non-hydrogen) atoms. The molecular formula is C15H15ClN2OS. The fraction of sp³-hybridized carbons (Fsp3) is 0.267. The van der Waals surface area contributed by atoms with Crippen molar-refractivity contribution in [2.24, 2.45) is 0 Å². The predicted octanol–water partition coefficient (Wildman–Crippen LogP) is 4.13. The largest absolute Gasteiger partial charge is 0.495 e. The average molecular weight is 307 g/mol. The lowest BCUT2D eigenvalue weighted by Gasteiger charge is -2.12. The van der Waals surface area contributed by atoms with Crippen LogP contribution in [0.3, 0.4) is 0 Å². The minimum absolute atomic E-state index is 0.222. The highest BCUT2D eigenvalue weighted by Crippen LogP contribution is 2.27. The number of hydrogen-bond donors (Lipinski definition) is 1. The Kier molecular flexibility index (Phi) is 5.02. The second-order valence-corrected chi connectivity index (χ2v) is 6.14. The van der Waals surface area contributed by atoms with Gasteiger partial charge in [0.1, 0.15) is 11.8 Å². The van der Waals surface area contributed by atoms with Gasteiger partial charge in [0.2, 0.25) is 0 Å². The van der Waals surface area contributed by atoms with E-state index in [1.807, 2.05) is 30.3 Å². The molecule has 2 aromatic rings. The van der Waals surface area contributed by atoms with E-state index in [4.69, 9.17) is 21.6 Å². The Balaban J connectivity index is 2.02. The molecule has 0 amide bonds.